The third kappa shape index (κ3) is 4.75. The van der Waals surface area contributed by atoms with Crippen molar-refractivity contribution in [3.63, 3.8) is 0 Å². The molecular weight excluding hydrogens is 394 g/mol. The fourth-order valence-corrected chi connectivity index (χ4v) is 3.17. The van der Waals surface area contributed by atoms with E-state index in [1.165, 1.54) is 6.07 Å². The highest BCUT2D eigenvalue weighted by Gasteiger charge is 2.09. The highest BCUT2D eigenvalue weighted by molar-refractivity contribution is 5.92. The van der Waals surface area contributed by atoms with Gasteiger partial charge < -0.3 is 19.2 Å². The summed E-state index contributed by atoms with van der Waals surface area (Å²) in [5.41, 5.74) is 2.74. The molecule has 0 fully saturated rings. The molecule has 0 unspecified atom stereocenters. The summed E-state index contributed by atoms with van der Waals surface area (Å²) in [5.74, 6) is 1.43. The molecule has 0 spiro atoms. The normalized spacial score (nSPS) is 10.6. The molecule has 6 nitrogen and oxygen atoms in total. The summed E-state index contributed by atoms with van der Waals surface area (Å²) < 4.78 is 16.6. The van der Waals surface area contributed by atoms with Gasteiger partial charge in [0.15, 0.2) is 12.0 Å². The van der Waals surface area contributed by atoms with Crippen LogP contribution < -0.4 is 20.2 Å². The Morgan fingerprint density at radius 3 is 2.52 bits per heavy atom. The van der Waals surface area contributed by atoms with Crippen molar-refractivity contribution in [1.82, 2.24) is 0 Å². The Bertz CT molecular complexity index is 1290. The van der Waals surface area contributed by atoms with Crippen molar-refractivity contribution in [3.05, 3.63) is 88.6 Å². The number of amides is 1. The van der Waals surface area contributed by atoms with Gasteiger partial charge in [-0.05, 0) is 67.1 Å². The minimum absolute atomic E-state index is 0.0891. The van der Waals surface area contributed by atoms with Crippen molar-refractivity contribution in [1.29, 1.82) is 0 Å². The maximum absolute atomic E-state index is 12.5. The number of rotatable bonds is 6. The maximum Gasteiger partial charge on any atom is 0.262 e. The highest BCUT2D eigenvalue weighted by atomic mass is 16.5. The minimum atomic E-state index is -0.263. The van der Waals surface area contributed by atoms with Crippen molar-refractivity contribution < 1.29 is 18.7 Å². The summed E-state index contributed by atoms with van der Waals surface area (Å²) in [7, 11) is 1.55. The summed E-state index contributed by atoms with van der Waals surface area (Å²) in [6.45, 7) is 1.87. The molecule has 4 aromatic rings. The van der Waals surface area contributed by atoms with Crippen molar-refractivity contribution in [2.45, 2.75) is 6.92 Å². The van der Waals surface area contributed by atoms with Crippen LogP contribution in [0.25, 0.3) is 22.3 Å². The molecule has 0 bridgehead atoms. The summed E-state index contributed by atoms with van der Waals surface area (Å²) in [6.07, 6.45) is 0. The average Bonchev–Trinajstić information content (AvgIpc) is 2.78. The lowest BCUT2D eigenvalue weighted by atomic mass is 10.1. The van der Waals surface area contributed by atoms with Gasteiger partial charge >= 0.3 is 0 Å². The molecule has 1 aromatic heterocycles. The third-order valence-corrected chi connectivity index (χ3v) is 4.75. The standard InChI is InChI=1S/C25H21NO5/c1-16-4-3-5-20(12-16)30-15-25(28)26-18-8-6-17(7-9-18)24-14-22(27)21-13-19(29-2)10-11-23(21)31-24/h3-14H,15H2,1-2H3,(H,26,28). The average molecular weight is 415 g/mol. The van der Waals surface area contributed by atoms with Crippen molar-refractivity contribution in [2.75, 3.05) is 19.0 Å². The molecule has 31 heavy (non-hydrogen) atoms. The van der Waals surface area contributed by atoms with Gasteiger partial charge in [0, 0.05) is 17.3 Å². The van der Waals surface area contributed by atoms with Gasteiger partial charge in [-0.25, -0.2) is 0 Å². The highest BCUT2D eigenvalue weighted by Crippen LogP contribution is 2.25. The molecule has 0 aliphatic heterocycles. The Labute approximate surface area is 179 Å². The van der Waals surface area contributed by atoms with E-state index < -0.39 is 0 Å². The van der Waals surface area contributed by atoms with E-state index >= 15 is 0 Å². The van der Waals surface area contributed by atoms with Crippen LogP contribution in [0.3, 0.4) is 0 Å². The first-order valence-electron chi connectivity index (χ1n) is 9.73. The van der Waals surface area contributed by atoms with E-state index in [0.717, 1.165) is 11.1 Å². The molecule has 4 rings (SSSR count). The molecule has 0 saturated carbocycles. The maximum atomic E-state index is 12.5. The van der Waals surface area contributed by atoms with E-state index in [9.17, 15) is 9.59 Å². The number of anilines is 1. The lowest BCUT2D eigenvalue weighted by Crippen LogP contribution is -2.20. The first-order chi connectivity index (χ1) is 15.0. The molecule has 3 aromatic carbocycles. The monoisotopic (exact) mass is 415 g/mol. The Kier molecular flexibility index (Phi) is 5.71. The van der Waals surface area contributed by atoms with Crippen molar-refractivity contribution in [2.24, 2.45) is 0 Å². The Morgan fingerprint density at radius 2 is 1.77 bits per heavy atom. The van der Waals surface area contributed by atoms with Crippen LogP contribution in [0.2, 0.25) is 0 Å². The molecular formula is C25H21NO5. The zero-order valence-corrected chi connectivity index (χ0v) is 17.2. The van der Waals surface area contributed by atoms with E-state index in [1.54, 1.807) is 49.6 Å². The first-order valence-corrected chi connectivity index (χ1v) is 9.73. The van der Waals surface area contributed by atoms with Crippen LogP contribution in [0, 0.1) is 6.92 Å². The van der Waals surface area contributed by atoms with Gasteiger partial charge in [-0.1, -0.05) is 12.1 Å². The smallest absolute Gasteiger partial charge is 0.262 e. The molecule has 1 amide bonds. The SMILES string of the molecule is COc1ccc2oc(-c3ccc(NC(=O)COc4cccc(C)c4)cc3)cc(=O)c2c1. The molecule has 156 valence electrons. The summed E-state index contributed by atoms with van der Waals surface area (Å²) in [6, 6.07) is 21.1. The largest absolute Gasteiger partial charge is 0.497 e. The van der Waals surface area contributed by atoms with Crippen molar-refractivity contribution in [3.8, 4) is 22.8 Å². The van der Waals surface area contributed by atoms with Crippen LogP contribution in [0.4, 0.5) is 5.69 Å². The van der Waals surface area contributed by atoms with Gasteiger partial charge in [0.25, 0.3) is 5.91 Å². The molecule has 0 saturated heterocycles. The Hall–Kier alpha value is -4.06. The second kappa shape index (κ2) is 8.75. The zero-order chi connectivity index (χ0) is 21.8. The van der Waals surface area contributed by atoms with E-state index in [0.29, 0.717) is 33.9 Å². The zero-order valence-electron chi connectivity index (χ0n) is 17.2. The molecule has 1 heterocycles. The van der Waals surface area contributed by atoms with Crippen LogP contribution in [0.1, 0.15) is 5.56 Å². The minimum Gasteiger partial charge on any atom is -0.497 e. The lowest BCUT2D eigenvalue weighted by molar-refractivity contribution is -0.118. The van der Waals surface area contributed by atoms with E-state index in [-0.39, 0.29) is 17.9 Å². The predicted molar refractivity (Wildman–Crippen MR) is 120 cm³/mol. The Morgan fingerprint density at radius 1 is 0.968 bits per heavy atom. The first kappa shape index (κ1) is 20.2. The number of hydrogen-bond acceptors (Lipinski definition) is 5. The van der Waals surface area contributed by atoms with Gasteiger partial charge in [-0.15, -0.1) is 0 Å². The van der Waals surface area contributed by atoms with Crippen LogP contribution in [0.15, 0.2) is 82.0 Å². The van der Waals surface area contributed by atoms with Crippen LogP contribution in [-0.2, 0) is 4.79 Å². The van der Waals surface area contributed by atoms with Gasteiger partial charge in [0.2, 0.25) is 0 Å². The number of carbonyl (C=O) groups excluding carboxylic acids is 1. The van der Waals surface area contributed by atoms with Crippen LogP contribution in [0.5, 0.6) is 11.5 Å². The molecule has 0 radical (unpaired) electrons. The quantitative estimate of drug-likeness (QED) is 0.490. The molecule has 6 heteroatoms. The number of fused-ring (bicyclic) bond motifs is 1. The number of benzene rings is 3. The number of methoxy groups -OCH3 is 1. The number of ether oxygens (including phenoxy) is 2. The Balaban J connectivity index is 1.45. The number of aryl methyl sites for hydroxylation is 1. The van der Waals surface area contributed by atoms with Crippen LogP contribution >= 0.6 is 0 Å². The van der Waals surface area contributed by atoms with Gasteiger partial charge in [0.05, 0.1) is 12.5 Å². The summed E-state index contributed by atoms with van der Waals surface area (Å²) in [5, 5.41) is 3.25. The molecule has 1 N–H and O–H groups in total. The topological polar surface area (TPSA) is 77.8 Å². The van der Waals surface area contributed by atoms with Crippen molar-refractivity contribution >= 4 is 22.6 Å². The summed E-state index contributed by atoms with van der Waals surface area (Å²) >= 11 is 0. The molecule has 0 aliphatic carbocycles. The molecule has 0 aliphatic rings. The lowest BCUT2D eigenvalue weighted by Gasteiger charge is -2.09. The number of nitrogens with one attached hydrogen (secondary N) is 1. The summed E-state index contributed by atoms with van der Waals surface area (Å²) in [4.78, 5) is 24.6. The second-order valence-electron chi connectivity index (χ2n) is 7.07. The van der Waals surface area contributed by atoms with Gasteiger partial charge in [0.1, 0.15) is 22.8 Å². The number of carbonyl (C=O) groups is 1. The van der Waals surface area contributed by atoms with E-state index in [1.807, 2.05) is 31.2 Å². The van der Waals surface area contributed by atoms with E-state index in [2.05, 4.69) is 5.32 Å². The predicted octanol–water partition coefficient (Wildman–Crippen LogP) is 4.79. The fraction of sp³-hybridized carbons (Fsp3) is 0.120. The second-order valence-corrected chi connectivity index (χ2v) is 7.07. The van der Waals surface area contributed by atoms with Gasteiger partial charge in [-0.2, -0.15) is 0 Å². The third-order valence-electron chi connectivity index (χ3n) is 4.75. The van der Waals surface area contributed by atoms with E-state index in [4.69, 9.17) is 13.9 Å². The number of hydrogen-bond donors (Lipinski definition) is 1. The van der Waals surface area contributed by atoms with Gasteiger partial charge in [-0.3, -0.25) is 9.59 Å². The fourth-order valence-electron chi connectivity index (χ4n) is 3.17. The van der Waals surface area contributed by atoms with Crippen LogP contribution in [-0.4, -0.2) is 19.6 Å². The molecule has 0 atom stereocenters.